The van der Waals surface area contributed by atoms with Crippen molar-refractivity contribution in [3.8, 4) is 0 Å². The van der Waals surface area contributed by atoms with E-state index in [1.165, 1.54) is 26.1 Å². The number of piperidine rings is 2. The van der Waals surface area contributed by atoms with Crippen LogP contribution in [0.2, 0.25) is 0 Å². The van der Waals surface area contributed by atoms with Gasteiger partial charge in [-0.2, -0.15) is 8.78 Å². The fourth-order valence-electron chi connectivity index (χ4n) is 5.19. The van der Waals surface area contributed by atoms with Crippen LogP contribution in [0, 0.1) is 18.6 Å². The third-order valence-electron chi connectivity index (χ3n) is 7.14. The second kappa shape index (κ2) is 10.1. The maximum Gasteiger partial charge on any atom is 0.352 e. The zero-order valence-electron chi connectivity index (χ0n) is 20.2. The summed E-state index contributed by atoms with van der Waals surface area (Å²) in [6, 6.07) is 4.65. The number of fused-ring (bicyclic) bond motifs is 2. The number of rotatable bonds is 6. The molecule has 0 aromatic heterocycles. The summed E-state index contributed by atoms with van der Waals surface area (Å²) in [7, 11) is -2.38. The summed E-state index contributed by atoms with van der Waals surface area (Å²) < 4.78 is 86.1. The summed E-state index contributed by atoms with van der Waals surface area (Å²) in [4.78, 5) is 26.8. The largest absolute Gasteiger partial charge is 0.352 e. The summed E-state index contributed by atoms with van der Waals surface area (Å²) in [6.45, 7) is 1.49. The van der Waals surface area contributed by atoms with E-state index in [9.17, 15) is 26.8 Å². The Morgan fingerprint density at radius 3 is 2.22 bits per heavy atom. The Morgan fingerprint density at radius 2 is 1.62 bits per heavy atom. The second-order valence-corrected chi connectivity index (χ2v) is 11.6. The molecule has 0 aliphatic carbocycles. The van der Waals surface area contributed by atoms with Crippen LogP contribution in [0.3, 0.4) is 0 Å². The van der Waals surface area contributed by atoms with E-state index in [1.54, 1.807) is 0 Å². The number of halogens is 4. The van der Waals surface area contributed by atoms with Crippen LogP contribution in [0.4, 0.5) is 23.2 Å². The van der Waals surface area contributed by atoms with Crippen molar-refractivity contribution < 1.29 is 35.6 Å². The van der Waals surface area contributed by atoms with Gasteiger partial charge >= 0.3 is 5.92 Å². The summed E-state index contributed by atoms with van der Waals surface area (Å²) in [5.41, 5.74) is -1.09. The molecule has 0 spiro atoms. The highest BCUT2D eigenvalue weighted by Crippen LogP contribution is 2.41. The summed E-state index contributed by atoms with van der Waals surface area (Å²) in [5, 5.41) is 1.63. The molecule has 2 aliphatic rings. The van der Waals surface area contributed by atoms with Gasteiger partial charge in [0.15, 0.2) is 0 Å². The number of hydrogen-bond acceptors (Lipinski definition) is 4. The third-order valence-corrected chi connectivity index (χ3v) is 8.97. The molecule has 7 nitrogen and oxygen atoms in total. The number of alkyl halides is 2. The first-order chi connectivity index (χ1) is 17.3. The van der Waals surface area contributed by atoms with Gasteiger partial charge in [0.25, 0.3) is 11.8 Å². The van der Waals surface area contributed by atoms with Gasteiger partial charge in [0, 0.05) is 23.3 Å². The predicted octanol–water partition coefficient (Wildman–Crippen LogP) is 4.08. The van der Waals surface area contributed by atoms with Crippen molar-refractivity contribution >= 4 is 27.5 Å². The first kappa shape index (κ1) is 27.1. The maximum absolute atomic E-state index is 15.5. The van der Waals surface area contributed by atoms with Crippen LogP contribution in [-0.2, 0) is 20.7 Å². The topological polar surface area (TPSA) is 95.6 Å². The Kier molecular flexibility index (Phi) is 7.35. The maximum atomic E-state index is 15.5. The lowest BCUT2D eigenvalue weighted by molar-refractivity contribution is -0.169. The Morgan fingerprint density at radius 1 is 1.00 bits per heavy atom. The molecular formula is C25H27F4N3O4S. The van der Waals surface area contributed by atoms with Gasteiger partial charge in [0.2, 0.25) is 10.0 Å². The Labute approximate surface area is 212 Å². The van der Waals surface area contributed by atoms with Crippen LogP contribution in [0.1, 0.15) is 53.6 Å². The lowest BCUT2D eigenvalue weighted by Crippen LogP contribution is -2.60. The standard InChI is InChI=1S/C25H27F4N3O4S/c1-14-10-16(7-9-21(14)26)31-23(33)15-6-8-22(27)20(11-15)25(28,29)24(34)32-17-4-3-5-18(32)13-19(12-17)37(35,36)30-2/h6-11,17-19,30H,3-5,12-13H2,1-2H3,(H,31,33). The molecule has 0 saturated carbocycles. The van der Waals surface area contributed by atoms with Crippen LogP contribution in [0.15, 0.2) is 36.4 Å². The zero-order valence-corrected chi connectivity index (χ0v) is 21.0. The zero-order chi connectivity index (χ0) is 27.1. The molecule has 2 fully saturated rings. The third kappa shape index (κ3) is 5.22. The highest BCUT2D eigenvalue weighted by atomic mass is 32.2. The SMILES string of the molecule is CNS(=O)(=O)C1CC2CCCC(C1)N2C(=O)C(F)(F)c1cc(C(=O)Nc2ccc(F)c(C)c2)ccc1F. The quantitative estimate of drug-likeness (QED) is 0.539. The molecule has 12 heteroatoms. The van der Waals surface area contributed by atoms with E-state index in [2.05, 4.69) is 10.0 Å². The summed E-state index contributed by atoms with van der Waals surface area (Å²) in [6.07, 6.45) is 1.38. The van der Waals surface area contributed by atoms with Gasteiger partial charge < -0.3 is 10.2 Å². The van der Waals surface area contributed by atoms with Gasteiger partial charge in [0.1, 0.15) is 11.6 Å². The summed E-state index contributed by atoms with van der Waals surface area (Å²) >= 11 is 0. The fraction of sp³-hybridized carbons (Fsp3) is 0.440. The predicted molar refractivity (Wildman–Crippen MR) is 129 cm³/mol. The molecule has 2 aromatic rings. The number of amides is 2. The van der Waals surface area contributed by atoms with Crippen LogP contribution in [-0.4, -0.2) is 49.5 Å². The number of hydrogen-bond donors (Lipinski definition) is 2. The van der Waals surface area contributed by atoms with Crippen molar-refractivity contribution in [2.45, 2.75) is 62.3 Å². The van der Waals surface area contributed by atoms with Crippen molar-refractivity contribution in [2.24, 2.45) is 0 Å². The van der Waals surface area contributed by atoms with E-state index in [-0.39, 0.29) is 29.7 Å². The monoisotopic (exact) mass is 541 g/mol. The number of sulfonamides is 1. The van der Waals surface area contributed by atoms with Crippen LogP contribution in [0.5, 0.6) is 0 Å². The van der Waals surface area contributed by atoms with E-state index >= 15 is 8.78 Å². The van der Waals surface area contributed by atoms with Crippen molar-refractivity contribution in [2.75, 3.05) is 12.4 Å². The van der Waals surface area contributed by atoms with E-state index in [0.717, 1.165) is 17.0 Å². The first-order valence-corrected chi connectivity index (χ1v) is 13.4. The first-order valence-electron chi connectivity index (χ1n) is 11.9. The van der Waals surface area contributed by atoms with Crippen molar-refractivity contribution in [1.82, 2.24) is 9.62 Å². The van der Waals surface area contributed by atoms with Crippen LogP contribution < -0.4 is 10.0 Å². The lowest BCUT2D eigenvalue weighted by atomic mass is 9.83. The Hall–Kier alpha value is -2.99. The van der Waals surface area contributed by atoms with Crippen molar-refractivity contribution in [1.29, 1.82) is 0 Å². The number of carbonyl (C=O) groups is 2. The Bertz CT molecular complexity index is 1320. The van der Waals surface area contributed by atoms with Crippen LogP contribution >= 0.6 is 0 Å². The van der Waals surface area contributed by atoms with E-state index < -0.39 is 62.3 Å². The molecule has 2 unspecified atom stereocenters. The van der Waals surface area contributed by atoms with E-state index in [0.29, 0.717) is 31.4 Å². The molecule has 2 aromatic carbocycles. The molecule has 0 radical (unpaired) electrons. The minimum absolute atomic E-state index is 0.00348. The number of nitrogens with zero attached hydrogens (tertiary/aromatic N) is 1. The number of anilines is 1. The Balaban J connectivity index is 1.59. The van der Waals surface area contributed by atoms with Gasteiger partial charge in [-0.3, -0.25) is 9.59 Å². The van der Waals surface area contributed by atoms with Crippen LogP contribution in [0.25, 0.3) is 0 Å². The van der Waals surface area contributed by atoms with E-state index in [1.807, 2.05) is 0 Å². The van der Waals surface area contributed by atoms with Crippen molar-refractivity contribution in [3.05, 3.63) is 64.7 Å². The average molecular weight is 542 g/mol. The lowest BCUT2D eigenvalue weighted by Gasteiger charge is -2.49. The molecule has 2 bridgehead atoms. The average Bonchev–Trinajstić information content (AvgIpc) is 2.85. The highest BCUT2D eigenvalue weighted by molar-refractivity contribution is 7.90. The van der Waals surface area contributed by atoms with E-state index in [4.69, 9.17) is 0 Å². The number of aryl methyl sites for hydroxylation is 1. The van der Waals surface area contributed by atoms with Gasteiger partial charge in [-0.25, -0.2) is 21.9 Å². The molecule has 2 atom stereocenters. The molecule has 2 aliphatic heterocycles. The minimum atomic E-state index is -4.30. The molecule has 4 rings (SSSR count). The fourth-order valence-corrected chi connectivity index (χ4v) is 6.48. The number of carbonyl (C=O) groups excluding carboxylic acids is 2. The van der Waals surface area contributed by atoms with Gasteiger partial charge in [-0.1, -0.05) is 0 Å². The summed E-state index contributed by atoms with van der Waals surface area (Å²) in [5.74, 6) is -8.60. The molecule has 2 N–H and O–H groups in total. The van der Waals surface area contributed by atoms with Gasteiger partial charge in [-0.05, 0) is 88.0 Å². The molecular weight excluding hydrogens is 514 g/mol. The molecule has 2 amide bonds. The van der Waals surface area contributed by atoms with Crippen molar-refractivity contribution in [3.63, 3.8) is 0 Å². The number of nitrogens with one attached hydrogen (secondary N) is 2. The molecule has 37 heavy (non-hydrogen) atoms. The smallest absolute Gasteiger partial charge is 0.331 e. The normalized spacial score (nSPS) is 22.0. The second-order valence-electron chi connectivity index (χ2n) is 9.48. The molecule has 200 valence electrons. The van der Waals surface area contributed by atoms with Gasteiger partial charge in [-0.15, -0.1) is 0 Å². The van der Waals surface area contributed by atoms with Gasteiger partial charge in [0.05, 0.1) is 10.8 Å². The molecule has 2 heterocycles. The minimum Gasteiger partial charge on any atom is -0.331 e. The number of benzene rings is 2. The molecule has 2 saturated heterocycles. The highest BCUT2D eigenvalue weighted by Gasteiger charge is 2.53.